The molecule has 0 spiro atoms. The SMILES string of the molecule is CCN(CC)CC.O=S(OS(=O)(=O)C(F)F)c1ccc(Cl)cc1. The van der Waals surface area contributed by atoms with Crippen molar-refractivity contribution in [2.24, 2.45) is 0 Å². The topological polar surface area (TPSA) is 63.7 Å². The van der Waals surface area contributed by atoms with Crippen LogP contribution < -0.4 is 0 Å². The summed E-state index contributed by atoms with van der Waals surface area (Å²) in [6.45, 7) is 10.1. The Balaban J connectivity index is 0.000000585. The molecule has 0 aliphatic rings. The first-order chi connectivity index (χ1) is 10.7. The minimum Gasteiger partial charge on any atom is -0.304 e. The molecule has 1 unspecified atom stereocenters. The van der Waals surface area contributed by atoms with Crippen molar-refractivity contribution >= 4 is 32.8 Å². The predicted molar refractivity (Wildman–Crippen MR) is 87.3 cm³/mol. The lowest BCUT2D eigenvalue weighted by Crippen LogP contribution is -2.21. The highest BCUT2D eigenvalue weighted by Gasteiger charge is 2.28. The van der Waals surface area contributed by atoms with Gasteiger partial charge in [-0.05, 0) is 43.9 Å². The van der Waals surface area contributed by atoms with Gasteiger partial charge in [0.1, 0.15) is 0 Å². The van der Waals surface area contributed by atoms with Crippen LogP contribution in [0.3, 0.4) is 0 Å². The summed E-state index contributed by atoms with van der Waals surface area (Å²) in [6, 6.07) is 5.07. The number of hydrogen-bond donors (Lipinski definition) is 0. The van der Waals surface area contributed by atoms with Gasteiger partial charge in [0.25, 0.3) is 0 Å². The molecule has 1 rings (SSSR count). The summed E-state index contributed by atoms with van der Waals surface area (Å²) in [5.74, 6) is -3.73. The molecule has 0 radical (unpaired) electrons. The third kappa shape index (κ3) is 8.71. The average Bonchev–Trinajstić information content (AvgIpc) is 2.49. The molecule has 1 aromatic rings. The molecule has 0 amide bonds. The Bertz CT molecular complexity index is 573. The Morgan fingerprint density at radius 1 is 1.13 bits per heavy atom. The number of benzene rings is 1. The van der Waals surface area contributed by atoms with E-state index in [2.05, 4.69) is 29.3 Å². The van der Waals surface area contributed by atoms with Gasteiger partial charge in [-0.2, -0.15) is 20.8 Å². The van der Waals surface area contributed by atoms with Crippen molar-refractivity contribution < 1.29 is 25.0 Å². The van der Waals surface area contributed by atoms with Crippen LogP contribution in [-0.4, -0.2) is 42.9 Å². The van der Waals surface area contributed by atoms with Crippen molar-refractivity contribution in [2.45, 2.75) is 31.4 Å². The molecule has 0 aromatic heterocycles. The Kier molecular flexibility index (Phi) is 10.7. The molecule has 0 heterocycles. The average molecular weight is 392 g/mol. The van der Waals surface area contributed by atoms with Crippen molar-refractivity contribution in [3.05, 3.63) is 29.3 Å². The highest BCUT2D eigenvalue weighted by molar-refractivity contribution is 7.97. The molecule has 134 valence electrons. The second-order valence-electron chi connectivity index (χ2n) is 4.13. The zero-order valence-corrected chi connectivity index (χ0v) is 15.4. The van der Waals surface area contributed by atoms with E-state index in [0.717, 1.165) is 0 Å². The maximum absolute atomic E-state index is 11.9. The molecule has 1 atom stereocenters. The van der Waals surface area contributed by atoms with Crippen LogP contribution in [0.4, 0.5) is 8.78 Å². The number of rotatable bonds is 7. The lowest BCUT2D eigenvalue weighted by Gasteiger charge is -2.13. The molecule has 0 aliphatic carbocycles. The zero-order chi connectivity index (χ0) is 18.0. The summed E-state index contributed by atoms with van der Waals surface area (Å²) in [5, 5.41) is 0.331. The minimum atomic E-state index is -5.12. The first kappa shape index (κ1) is 22.4. The molecular weight excluding hydrogens is 372 g/mol. The zero-order valence-electron chi connectivity index (χ0n) is 13.0. The molecule has 0 saturated carbocycles. The standard InChI is InChI=1S/C7H5ClF2O4S2.C6H15N/c8-5-1-3-6(4-2-5)15(11)14-16(12,13)7(9)10;1-4-7(5-2)6-3/h1-4,7H;4-6H2,1-3H3. The molecule has 10 heteroatoms. The van der Waals surface area contributed by atoms with Crippen LogP contribution >= 0.6 is 11.6 Å². The summed E-state index contributed by atoms with van der Waals surface area (Å²) in [4.78, 5) is 2.30. The van der Waals surface area contributed by atoms with E-state index in [0.29, 0.717) is 5.02 Å². The van der Waals surface area contributed by atoms with Crippen LogP contribution in [0.5, 0.6) is 0 Å². The van der Waals surface area contributed by atoms with Gasteiger partial charge in [0.05, 0.1) is 4.90 Å². The van der Waals surface area contributed by atoms with E-state index in [4.69, 9.17) is 11.6 Å². The van der Waals surface area contributed by atoms with Gasteiger partial charge in [0, 0.05) is 5.02 Å². The maximum atomic E-state index is 11.9. The lowest BCUT2D eigenvalue weighted by atomic mass is 10.4. The van der Waals surface area contributed by atoms with Gasteiger partial charge in [0.15, 0.2) is 0 Å². The Morgan fingerprint density at radius 3 is 1.87 bits per heavy atom. The third-order valence-electron chi connectivity index (χ3n) is 2.72. The van der Waals surface area contributed by atoms with Gasteiger partial charge in [-0.25, -0.2) is 4.21 Å². The van der Waals surface area contributed by atoms with Crippen molar-refractivity contribution in [1.29, 1.82) is 0 Å². The Morgan fingerprint density at radius 2 is 1.57 bits per heavy atom. The van der Waals surface area contributed by atoms with E-state index < -0.39 is 27.0 Å². The first-order valence-electron chi connectivity index (χ1n) is 6.79. The number of hydrogen-bond acceptors (Lipinski definition) is 5. The molecule has 23 heavy (non-hydrogen) atoms. The summed E-state index contributed by atoms with van der Waals surface area (Å²) in [5.41, 5.74) is 0. The first-order valence-corrected chi connectivity index (χ1v) is 9.71. The van der Waals surface area contributed by atoms with E-state index in [9.17, 15) is 21.4 Å². The Labute approximate surface area is 143 Å². The van der Waals surface area contributed by atoms with Gasteiger partial charge >= 0.3 is 15.9 Å². The highest BCUT2D eigenvalue weighted by atomic mass is 35.5. The molecule has 0 N–H and O–H groups in total. The van der Waals surface area contributed by atoms with Gasteiger partial charge in [-0.3, -0.25) is 0 Å². The fraction of sp³-hybridized carbons (Fsp3) is 0.538. The van der Waals surface area contributed by atoms with Crippen molar-refractivity contribution in [2.75, 3.05) is 19.6 Å². The van der Waals surface area contributed by atoms with E-state index in [1.807, 2.05) is 0 Å². The van der Waals surface area contributed by atoms with E-state index in [1.165, 1.54) is 43.9 Å². The summed E-state index contributed by atoms with van der Waals surface area (Å²) in [7, 11) is -5.12. The normalized spacial score (nSPS) is 12.9. The van der Waals surface area contributed by atoms with Gasteiger partial charge in [-0.15, -0.1) is 0 Å². The molecule has 5 nitrogen and oxygen atoms in total. The van der Waals surface area contributed by atoms with Crippen LogP contribution in [-0.2, 0) is 24.8 Å². The largest absolute Gasteiger partial charge is 0.362 e. The summed E-state index contributed by atoms with van der Waals surface area (Å²) >= 11 is 3.01. The Hall–Kier alpha value is -0.610. The van der Waals surface area contributed by atoms with Crippen LogP contribution in [0.2, 0.25) is 5.02 Å². The van der Waals surface area contributed by atoms with E-state index in [-0.39, 0.29) is 4.90 Å². The minimum absolute atomic E-state index is 0.0753. The van der Waals surface area contributed by atoms with E-state index >= 15 is 0 Å². The van der Waals surface area contributed by atoms with Gasteiger partial charge in [0.2, 0.25) is 11.1 Å². The second-order valence-corrected chi connectivity index (χ2v) is 7.39. The fourth-order valence-corrected chi connectivity index (χ4v) is 3.10. The molecule has 0 aliphatic heterocycles. The van der Waals surface area contributed by atoms with Gasteiger partial charge in [-0.1, -0.05) is 32.4 Å². The van der Waals surface area contributed by atoms with Crippen molar-refractivity contribution in [3.8, 4) is 0 Å². The van der Waals surface area contributed by atoms with E-state index in [1.54, 1.807) is 0 Å². The number of alkyl halides is 2. The van der Waals surface area contributed by atoms with Crippen LogP contribution in [0.15, 0.2) is 29.2 Å². The van der Waals surface area contributed by atoms with Crippen LogP contribution in [0.1, 0.15) is 20.8 Å². The second kappa shape index (κ2) is 11.0. The smallest absolute Gasteiger partial charge is 0.304 e. The molecule has 0 saturated heterocycles. The molecule has 0 fully saturated rings. The fourth-order valence-electron chi connectivity index (χ4n) is 1.37. The monoisotopic (exact) mass is 391 g/mol. The summed E-state index contributed by atoms with van der Waals surface area (Å²) < 4.78 is 59.9. The molecular formula is C13H20ClF2NO4S2. The highest BCUT2D eigenvalue weighted by Crippen LogP contribution is 2.17. The molecule has 1 aromatic carbocycles. The maximum Gasteiger partial charge on any atom is 0.362 e. The number of halogens is 3. The third-order valence-corrected chi connectivity index (χ3v) is 5.32. The number of nitrogens with zero attached hydrogens (tertiary/aromatic N) is 1. The van der Waals surface area contributed by atoms with Gasteiger partial charge < -0.3 is 4.90 Å². The van der Waals surface area contributed by atoms with Crippen LogP contribution in [0.25, 0.3) is 0 Å². The predicted octanol–water partition coefficient (Wildman–Crippen LogP) is 3.28. The quantitative estimate of drug-likeness (QED) is 0.713. The lowest BCUT2D eigenvalue weighted by molar-refractivity contribution is 0.221. The summed E-state index contributed by atoms with van der Waals surface area (Å²) in [6.07, 6.45) is 0. The molecule has 0 bridgehead atoms. The van der Waals surface area contributed by atoms with Crippen molar-refractivity contribution in [3.63, 3.8) is 0 Å². The van der Waals surface area contributed by atoms with Crippen LogP contribution in [0, 0.1) is 0 Å². The van der Waals surface area contributed by atoms with Crippen molar-refractivity contribution in [1.82, 2.24) is 4.90 Å².